The zero-order valence-electron chi connectivity index (χ0n) is 6.31. The van der Waals surface area contributed by atoms with Crippen LogP contribution in [0.25, 0.3) is 10.2 Å². The Labute approximate surface area is 72.0 Å². The number of thiophene rings is 1. The minimum atomic E-state index is -0.888. The van der Waals surface area contributed by atoms with Gasteiger partial charge in [-0.25, -0.2) is 4.79 Å². The maximum atomic E-state index is 10.5. The molecule has 0 radical (unpaired) electrons. The minimum absolute atomic E-state index is 0.341. The van der Waals surface area contributed by atoms with Gasteiger partial charge >= 0.3 is 5.97 Å². The van der Waals surface area contributed by atoms with Crippen molar-refractivity contribution in [2.75, 3.05) is 0 Å². The molecule has 0 aliphatic carbocycles. The summed E-state index contributed by atoms with van der Waals surface area (Å²) >= 11 is 1.24. The van der Waals surface area contributed by atoms with Gasteiger partial charge in [0.25, 0.3) is 0 Å². The smallest absolute Gasteiger partial charge is 0.345 e. The van der Waals surface area contributed by atoms with Gasteiger partial charge in [-0.1, -0.05) is 0 Å². The summed E-state index contributed by atoms with van der Waals surface area (Å²) in [5.41, 5.74) is 0.750. The van der Waals surface area contributed by atoms with Crippen LogP contribution in [0.15, 0.2) is 12.3 Å². The van der Waals surface area contributed by atoms with E-state index in [2.05, 4.69) is 5.10 Å². The third-order valence-electron chi connectivity index (χ3n) is 1.52. The van der Waals surface area contributed by atoms with Crippen molar-refractivity contribution in [3.63, 3.8) is 0 Å². The zero-order valence-corrected chi connectivity index (χ0v) is 7.13. The summed E-state index contributed by atoms with van der Waals surface area (Å²) in [7, 11) is 1.81. The highest BCUT2D eigenvalue weighted by Crippen LogP contribution is 2.23. The first-order chi connectivity index (χ1) is 5.66. The van der Waals surface area contributed by atoms with E-state index in [9.17, 15) is 4.79 Å². The van der Waals surface area contributed by atoms with Crippen LogP contribution in [0.2, 0.25) is 0 Å². The molecular weight excluding hydrogens is 176 g/mol. The summed E-state index contributed by atoms with van der Waals surface area (Å²) in [4.78, 5) is 10.9. The lowest BCUT2D eigenvalue weighted by Gasteiger charge is -1.83. The Morgan fingerprint density at radius 1 is 1.75 bits per heavy atom. The first kappa shape index (κ1) is 7.30. The number of carbonyl (C=O) groups is 1. The lowest BCUT2D eigenvalue weighted by molar-refractivity contribution is 0.0702. The van der Waals surface area contributed by atoms with E-state index in [0.717, 1.165) is 10.2 Å². The molecule has 4 nitrogen and oxygen atoms in total. The van der Waals surface area contributed by atoms with E-state index < -0.39 is 5.97 Å². The number of hydrogen-bond acceptors (Lipinski definition) is 3. The second-order valence-electron chi connectivity index (χ2n) is 2.47. The van der Waals surface area contributed by atoms with E-state index in [1.165, 1.54) is 11.3 Å². The third-order valence-corrected chi connectivity index (χ3v) is 2.57. The highest BCUT2D eigenvalue weighted by molar-refractivity contribution is 7.20. The average molecular weight is 182 g/mol. The standard InChI is InChI=1S/C7H6N2O2S/c1-9-3-6-4(8-9)2-5(12-6)7(10)11/h2-3H,1H3,(H,10,11). The zero-order chi connectivity index (χ0) is 8.72. The quantitative estimate of drug-likeness (QED) is 0.723. The van der Waals surface area contributed by atoms with Gasteiger partial charge in [0.05, 0.1) is 4.70 Å². The Kier molecular flexibility index (Phi) is 1.41. The van der Waals surface area contributed by atoms with E-state index in [1.807, 2.05) is 13.2 Å². The van der Waals surface area contributed by atoms with E-state index in [4.69, 9.17) is 5.11 Å². The molecule has 2 heterocycles. The van der Waals surface area contributed by atoms with E-state index >= 15 is 0 Å². The third kappa shape index (κ3) is 0.984. The van der Waals surface area contributed by atoms with Crippen LogP contribution in [0.3, 0.4) is 0 Å². The maximum Gasteiger partial charge on any atom is 0.345 e. The van der Waals surface area contributed by atoms with Gasteiger partial charge in [0.15, 0.2) is 0 Å². The predicted molar refractivity (Wildman–Crippen MR) is 45.6 cm³/mol. The first-order valence-electron chi connectivity index (χ1n) is 3.33. The highest BCUT2D eigenvalue weighted by Gasteiger charge is 2.09. The molecule has 0 saturated carbocycles. The SMILES string of the molecule is Cn1cc2sc(C(=O)O)cc2n1. The summed E-state index contributed by atoms with van der Waals surface area (Å²) in [6.45, 7) is 0. The first-order valence-corrected chi connectivity index (χ1v) is 4.15. The van der Waals surface area contributed by atoms with Crippen LogP contribution in [-0.4, -0.2) is 20.9 Å². The van der Waals surface area contributed by atoms with Gasteiger partial charge in [0.2, 0.25) is 0 Å². The molecular formula is C7H6N2O2S. The number of aromatic nitrogens is 2. The van der Waals surface area contributed by atoms with Crippen LogP contribution in [0.4, 0.5) is 0 Å². The summed E-state index contributed by atoms with van der Waals surface area (Å²) in [5, 5.41) is 12.7. The monoisotopic (exact) mass is 182 g/mol. The fraction of sp³-hybridized carbons (Fsp3) is 0.143. The van der Waals surface area contributed by atoms with Crippen molar-refractivity contribution in [3.05, 3.63) is 17.1 Å². The lowest BCUT2D eigenvalue weighted by atomic mass is 10.4. The molecule has 0 aliphatic rings. The lowest BCUT2D eigenvalue weighted by Crippen LogP contribution is -1.91. The molecule has 2 rings (SSSR count). The number of nitrogens with zero attached hydrogens (tertiary/aromatic N) is 2. The minimum Gasteiger partial charge on any atom is -0.477 e. The van der Waals surface area contributed by atoms with E-state index in [1.54, 1.807) is 10.7 Å². The largest absolute Gasteiger partial charge is 0.477 e. The van der Waals surface area contributed by atoms with E-state index in [-0.39, 0.29) is 0 Å². The predicted octanol–water partition coefficient (Wildman–Crippen LogP) is 1.33. The molecule has 2 aromatic heterocycles. The topological polar surface area (TPSA) is 55.1 Å². The molecule has 0 atom stereocenters. The number of aryl methyl sites for hydroxylation is 1. The molecule has 0 saturated heterocycles. The fourth-order valence-corrected chi connectivity index (χ4v) is 1.94. The van der Waals surface area contributed by atoms with Crippen LogP contribution in [0.5, 0.6) is 0 Å². The van der Waals surface area contributed by atoms with Gasteiger partial charge in [0, 0.05) is 13.2 Å². The summed E-state index contributed by atoms with van der Waals surface area (Å²) in [6, 6.07) is 1.59. The van der Waals surface area contributed by atoms with Gasteiger partial charge in [-0.05, 0) is 6.07 Å². The molecule has 0 unspecified atom stereocenters. The molecule has 2 aromatic rings. The van der Waals surface area contributed by atoms with Gasteiger partial charge in [0.1, 0.15) is 10.4 Å². The maximum absolute atomic E-state index is 10.5. The van der Waals surface area contributed by atoms with Crippen molar-refractivity contribution in [3.8, 4) is 0 Å². The number of hydrogen-bond donors (Lipinski definition) is 1. The van der Waals surface area contributed by atoms with Gasteiger partial charge in [-0.3, -0.25) is 4.68 Å². The van der Waals surface area contributed by atoms with Crippen molar-refractivity contribution in [2.24, 2.45) is 7.05 Å². The Bertz CT molecular complexity index is 412. The molecule has 0 spiro atoms. The number of carboxylic acids is 1. The molecule has 0 fully saturated rings. The fourth-order valence-electron chi connectivity index (χ4n) is 1.04. The van der Waals surface area contributed by atoms with Crippen LogP contribution < -0.4 is 0 Å². The van der Waals surface area contributed by atoms with Crippen molar-refractivity contribution < 1.29 is 9.90 Å². The van der Waals surface area contributed by atoms with Crippen molar-refractivity contribution >= 4 is 27.5 Å². The number of aromatic carboxylic acids is 1. The van der Waals surface area contributed by atoms with Gasteiger partial charge in [-0.15, -0.1) is 11.3 Å². The van der Waals surface area contributed by atoms with E-state index in [0.29, 0.717) is 4.88 Å². The molecule has 62 valence electrons. The Hall–Kier alpha value is -1.36. The van der Waals surface area contributed by atoms with Gasteiger partial charge < -0.3 is 5.11 Å². The molecule has 5 heteroatoms. The van der Waals surface area contributed by atoms with Crippen molar-refractivity contribution in [2.45, 2.75) is 0 Å². The summed E-state index contributed by atoms with van der Waals surface area (Å²) in [6.07, 6.45) is 1.81. The number of fused-ring (bicyclic) bond motifs is 1. The normalized spacial score (nSPS) is 10.8. The summed E-state index contributed by atoms with van der Waals surface area (Å²) < 4.78 is 2.59. The highest BCUT2D eigenvalue weighted by atomic mass is 32.1. The van der Waals surface area contributed by atoms with Gasteiger partial charge in [-0.2, -0.15) is 5.10 Å². The summed E-state index contributed by atoms with van der Waals surface area (Å²) in [5.74, 6) is -0.888. The van der Waals surface area contributed by atoms with Crippen LogP contribution in [0.1, 0.15) is 9.67 Å². The molecule has 1 N–H and O–H groups in total. The molecule has 0 aromatic carbocycles. The Morgan fingerprint density at radius 3 is 3.08 bits per heavy atom. The van der Waals surface area contributed by atoms with Crippen LogP contribution in [0, 0.1) is 0 Å². The second kappa shape index (κ2) is 2.31. The number of carboxylic acid groups (broad SMARTS) is 1. The molecule has 0 aliphatic heterocycles. The molecule has 12 heavy (non-hydrogen) atoms. The van der Waals surface area contributed by atoms with Crippen molar-refractivity contribution in [1.82, 2.24) is 9.78 Å². The van der Waals surface area contributed by atoms with Crippen molar-refractivity contribution in [1.29, 1.82) is 0 Å². The Morgan fingerprint density at radius 2 is 2.50 bits per heavy atom. The second-order valence-corrected chi connectivity index (χ2v) is 3.55. The van der Waals surface area contributed by atoms with Crippen LogP contribution in [-0.2, 0) is 7.05 Å². The molecule has 0 bridgehead atoms. The van der Waals surface area contributed by atoms with Crippen LogP contribution >= 0.6 is 11.3 Å². The number of rotatable bonds is 1. The molecule has 0 amide bonds. The Balaban J connectivity index is 2.64. The average Bonchev–Trinajstić information content (AvgIpc) is 2.42.